The SMILES string of the molecule is O=[N+]([O-])c1ccc2c(c1)Cc1cc(-c3nc4ccccc4s3)ccc1-2. The first-order valence-electron chi connectivity index (χ1n) is 7.95. The van der Waals surface area contributed by atoms with E-state index < -0.39 is 0 Å². The summed E-state index contributed by atoms with van der Waals surface area (Å²) in [5.74, 6) is 0. The van der Waals surface area contributed by atoms with Crippen LogP contribution < -0.4 is 0 Å². The van der Waals surface area contributed by atoms with Crippen molar-refractivity contribution in [1.29, 1.82) is 0 Å². The maximum absolute atomic E-state index is 11.0. The number of nitro benzene ring substituents is 1. The van der Waals surface area contributed by atoms with Gasteiger partial charge in [-0.25, -0.2) is 4.98 Å². The summed E-state index contributed by atoms with van der Waals surface area (Å²) in [5.41, 5.74) is 6.74. The summed E-state index contributed by atoms with van der Waals surface area (Å²) < 4.78 is 1.18. The van der Waals surface area contributed by atoms with Gasteiger partial charge in [0.05, 0.1) is 15.1 Å². The number of aromatic nitrogens is 1. The minimum absolute atomic E-state index is 0.151. The van der Waals surface area contributed by atoms with Crippen LogP contribution in [0.1, 0.15) is 11.1 Å². The van der Waals surface area contributed by atoms with E-state index in [1.165, 1.54) is 10.3 Å². The van der Waals surface area contributed by atoms with Crippen molar-refractivity contribution < 1.29 is 4.92 Å². The van der Waals surface area contributed by atoms with E-state index in [0.717, 1.165) is 39.2 Å². The van der Waals surface area contributed by atoms with Crippen molar-refractivity contribution >= 4 is 27.2 Å². The summed E-state index contributed by atoms with van der Waals surface area (Å²) in [4.78, 5) is 15.4. The topological polar surface area (TPSA) is 56.0 Å². The summed E-state index contributed by atoms with van der Waals surface area (Å²) in [6, 6.07) is 19.6. The Morgan fingerprint density at radius 2 is 1.72 bits per heavy atom. The summed E-state index contributed by atoms with van der Waals surface area (Å²) in [6.07, 6.45) is 0.727. The lowest BCUT2D eigenvalue weighted by Crippen LogP contribution is -1.89. The third-order valence-corrected chi connectivity index (χ3v) is 5.70. The van der Waals surface area contributed by atoms with Crippen molar-refractivity contribution in [3.8, 4) is 21.7 Å². The van der Waals surface area contributed by atoms with Crippen LogP contribution in [0.3, 0.4) is 0 Å². The van der Waals surface area contributed by atoms with Crippen LogP contribution in [0.25, 0.3) is 31.9 Å². The Labute approximate surface area is 147 Å². The number of nitrogens with zero attached hydrogens (tertiary/aromatic N) is 2. The molecule has 0 spiro atoms. The molecule has 0 N–H and O–H groups in total. The number of hydrogen-bond acceptors (Lipinski definition) is 4. The molecule has 4 nitrogen and oxygen atoms in total. The number of hydrogen-bond donors (Lipinski definition) is 0. The van der Waals surface area contributed by atoms with Gasteiger partial charge in [-0.2, -0.15) is 0 Å². The lowest BCUT2D eigenvalue weighted by Gasteiger charge is -2.03. The van der Waals surface area contributed by atoms with Gasteiger partial charge in [-0.05, 0) is 52.9 Å². The zero-order valence-electron chi connectivity index (χ0n) is 13.1. The van der Waals surface area contributed by atoms with Gasteiger partial charge in [-0.3, -0.25) is 10.1 Å². The van der Waals surface area contributed by atoms with Crippen molar-refractivity contribution in [3.63, 3.8) is 0 Å². The lowest BCUT2D eigenvalue weighted by molar-refractivity contribution is -0.384. The fraction of sp³-hybridized carbons (Fsp3) is 0.0500. The first kappa shape index (κ1) is 14.3. The summed E-state index contributed by atoms with van der Waals surface area (Å²) in [7, 11) is 0. The van der Waals surface area contributed by atoms with Crippen LogP contribution in [-0.2, 0) is 6.42 Å². The molecule has 0 unspecified atom stereocenters. The molecule has 1 aromatic heterocycles. The van der Waals surface area contributed by atoms with E-state index in [1.54, 1.807) is 23.5 Å². The molecule has 0 saturated carbocycles. The van der Waals surface area contributed by atoms with Crippen molar-refractivity contribution in [3.05, 3.63) is 81.9 Å². The number of para-hydroxylation sites is 1. The number of non-ortho nitro benzene ring substituents is 1. The van der Waals surface area contributed by atoms with Gasteiger partial charge in [0, 0.05) is 17.7 Å². The highest BCUT2D eigenvalue weighted by atomic mass is 32.1. The van der Waals surface area contributed by atoms with Crippen LogP contribution in [0, 0.1) is 10.1 Å². The third-order valence-electron chi connectivity index (χ3n) is 4.62. The van der Waals surface area contributed by atoms with Gasteiger partial charge in [-0.1, -0.05) is 24.3 Å². The van der Waals surface area contributed by atoms with E-state index in [2.05, 4.69) is 24.3 Å². The zero-order valence-corrected chi connectivity index (χ0v) is 13.9. The Morgan fingerprint density at radius 1 is 0.960 bits per heavy atom. The number of thiazole rings is 1. The van der Waals surface area contributed by atoms with Gasteiger partial charge in [0.15, 0.2) is 0 Å². The highest BCUT2D eigenvalue weighted by Crippen LogP contribution is 2.41. The zero-order chi connectivity index (χ0) is 17.0. The minimum atomic E-state index is -0.337. The van der Waals surface area contributed by atoms with Gasteiger partial charge in [0.1, 0.15) is 5.01 Å². The van der Waals surface area contributed by atoms with Crippen LogP contribution >= 0.6 is 11.3 Å². The summed E-state index contributed by atoms with van der Waals surface area (Å²) >= 11 is 1.69. The molecule has 0 bridgehead atoms. The number of nitro groups is 1. The van der Waals surface area contributed by atoms with Crippen molar-refractivity contribution in [1.82, 2.24) is 4.98 Å². The molecule has 1 aliphatic carbocycles. The molecular weight excluding hydrogens is 332 g/mol. The Hall–Kier alpha value is -3.05. The van der Waals surface area contributed by atoms with Crippen LogP contribution in [0.5, 0.6) is 0 Å². The van der Waals surface area contributed by atoms with Crippen LogP contribution in [0.15, 0.2) is 60.7 Å². The van der Waals surface area contributed by atoms with Crippen LogP contribution in [-0.4, -0.2) is 9.91 Å². The predicted octanol–water partition coefficient (Wildman–Crippen LogP) is 5.44. The highest BCUT2D eigenvalue weighted by Gasteiger charge is 2.22. The second kappa shape index (κ2) is 5.22. The largest absolute Gasteiger partial charge is 0.269 e. The Kier molecular flexibility index (Phi) is 2.99. The standard InChI is InChI=1S/C20H12N2O2S/c23-22(24)15-6-8-17-14(11-15)10-13-9-12(5-7-16(13)17)20-21-18-3-1-2-4-19(18)25-20/h1-9,11H,10H2. The molecule has 0 aliphatic heterocycles. The van der Waals surface area contributed by atoms with Gasteiger partial charge < -0.3 is 0 Å². The molecule has 4 aromatic rings. The molecule has 5 rings (SSSR count). The molecule has 0 atom stereocenters. The average Bonchev–Trinajstić information content (AvgIpc) is 3.21. The Bertz CT molecular complexity index is 1130. The van der Waals surface area contributed by atoms with E-state index in [-0.39, 0.29) is 10.6 Å². The number of fused-ring (bicyclic) bond motifs is 4. The predicted molar refractivity (Wildman–Crippen MR) is 100.0 cm³/mol. The summed E-state index contributed by atoms with van der Waals surface area (Å²) in [5, 5.41) is 12.0. The smallest absolute Gasteiger partial charge is 0.258 e. The van der Waals surface area contributed by atoms with Gasteiger partial charge in [-0.15, -0.1) is 11.3 Å². The molecule has 0 fully saturated rings. The molecule has 1 aliphatic rings. The van der Waals surface area contributed by atoms with E-state index in [9.17, 15) is 10.1 Å². The third kappa shape index (κ3) is 2.24. The molecule has 3 aromatic carbocycles. The molecular formula is C20H12N2O2S. The molecule has 0 amide bonds. The van der Waals surface area contributed by atoms with E-state index in [1.807, 2.05) is 24.3 Å². The van der Waals surface area contributed by atoms with E-state index >= 15 is 0 Å². The summed E-state index contributed by atoms with van der Waals surface area (Å²) in [6.45, 7) is 0. The molecule has 1 heterocycles. The normalized spacial score (nSPS) is 12.2. The molecule has 0 radical (unpaired) electrons. The molecule has 5 heteroatoms. The van der Waals surface area contributed by atoms with Crippen LogP contribution in [0.4, 0.5) is 5.69 Å². The first-order valence-corrected chi connectivity index (χ1v) is 8.77. The fourth-order valence-electron chi connectivity index (χ4n) is 3.44. The average molecular weight is 344 g/mol. The maximum atomic E-state index is 11.0. The van der Waals surface area contributed by atoms with Gasteiger partial charge in [0.25, 0.3) is 5.69 Å². The van der Waals surface area contributed by atoms with Crippen molar-refractivity contribution in [2.24, 2.45) is 0 Å². The second-order valence-corrected chi connectivity index (χ2v) is 7.16. The van der Waals surface area contributed by atoms with Crippen LogP contribution in [0.2, 0.25) is 0 Å². The quantitative estimate of drug-likeness (QED) is 0.316. The minimum Gasteiger partial charge on any atom is -0.258 e. The van der Waals surface area contributed by atoms with E-state index in [4.69, 9.17) is 4.98 Å². The lowest BCUT2D eigenvalue weighted by atomic mass is 10.0. The second-order valence-electron chi connectivity index (χ2n) is 6.13. The maximum Gasteiger partial charge on any atom is 0.269 e. The molecule has 25 heavy (non-hydrogen) atoms. The Balaban J connectivity index is 1.58. The monoisotopic (exact) mass is 344 g/mol. The Morgan fingerprint density at radius 3 is 2.52 bits per heavy atom. The van der Waals surface area contributed by atoms with Crippen molar-refractivity contribution in [2.75, 3.05) is 0 Å². The molecule has 120 valence electrons. The van der Waals surface area contributed by atoms with Crippen molar-refractivity contribution in [2.45, 2.75) is 6.42 Å². The number of benzene rings is 3. The fourth-order valence-corrected chi connectivity index (χ4v) is 4.40. The molecule has 0 saturated heterocycles. The highest BCUT2D eigenvalue weighted by molar-refractivity contribution is 7.21. The van der Waals surface area contributed by atoms with E-state index in [0.29, 0.717) is 0 Å². The number of rotatable bonds is 2. The van der Waals surface area contributed by atoms with Gasteiger partial charge >= 0.3 is 0 Å². The first-order chi connectivity index (χ1) is 12.2. The van der Waals surface area contributed by atoms with Gasteiger partial charge in [0.2, 0.25) is 0 Å².